The molecule has 0 saturated heterocycles. The largest absolute Gasteiger partial charge is 0.273 e. The molecule has 0 aromatic heterocycles. The molecule has 0 aromatic carbocycles. The fourth-order valence-electron chi connectivity index (χ4n) is 0.188. The maximum absolute atomic E-state index is 11.7. The van der Waals surface area contributed by atoms with Gasteiger partial charge in [0.2, 0.25) is 0 Å². The van der Waals surface area contributed by atoms with Gasteiger partial charge in [0.05, 0.1) is 0 Å². The zero-order valence-electron chi connectivity index (χ0n) is 4.29. The van der Waals surface area contributed by atoms with Crippen molar-refractivity contribution >= 4 is 0 Å². The molecule has 0 spiro atoms. The van der Waals surface area contributed by atoms with E-state index in [-0.39, 0.29) is 6.08 Å². The lowest BCUT2D eigenvalue weighted by atomic mass is 10.5. The van der Waals surface area contributed by atoms with Gasteiger partial charge in [0.25, 0.3) is 6.08 Å². The molecule has 0 aliphatic heterocycles. The van der Waals surface area contributed by atoms with Gasteiger partial charge in [-0.15, -0.1) is 0 Å². The van der Waals surface area contributed by atoms with Crippen LogP contribution in [0, 0.1) is 0 Å². The van der Waals surface area contributed by atoms with Crippen molar-refractivity contribution in [3.63, 3.8) is 0 Å². The third-order valence-corrected chi connectivity index (χ3v) is 0.523. The normalized spacial score (nSPS) is 11.2. The molecular weight excluding hydrogens is 117 g/mol. The summed E-state index contributed by atoms with van der Waals surface area (Å²) in [7, 11) is 0. The van der Waals surface area contributed by atoms with E-state index in [0.717, 1.165) is 6.08 Å². The van der Waals surface area contributed by atoms with Gasteiger partial charge in [0.1, 0.15) is 5.83 Å². The predicted molar refractivity (Wildman–Crippen MR) is 25.2 cm³/mol. The van der Waals surface area contributed by atoms with Crippen LogP contribution in [0.15, 0.2) is 24.1 Å². The third-order valence-electron chi connectivity index (χ3n) is 0.523. The summed E-state index contributed by atoms with van der Waals surface area (Å²) in [6.45, 7) is 1.34. The molecule has 8 heavy (non-hydrogen) atoms. The molecule has 0 aromatic rings. The zero-order valence-corrected chi connectivity index (χ0v) is 4.29. The molecule has 3 heteroatoms. The molecule has 0 amide bonds. The van der Waals surface area contributed by atoms with Crippen LogP contribution in [-0.4, -0.2) is 0 Å². The molecule has 0 N–H and O–H groups in total. The van der Waals surface area contributed by atoms with E-state index < -0.39 is 11.9 Å². The predicted octanol–water partition coefficient (Wildman–Crippen LogP) is 2.64. The van der Waals surface area contributed by atoms with Crippen LogP contribution >= 0.6 is 0 Å². The second-order valence-corrected chi connectivity index (χ2v) is 1.11. The fraction of sp³-hybridized carbons (Fsp3) is 0.200. The van der Waals surface area contributed by atoms with Crippen molar-refractivity contribution in [1.82, 2.24) is 0 Å². The highest BCUT2D eigenvalue weighted by Gasteiger charge is 1.89. The highest BCUT2D eigenvalue weighted by molar-refractivity contribution is 5.09. The van der Waals surface area contributed by atoms with Crippen LogP contribution in [0.25, 0.3) is 0 Å². The number of hydrogen-bond donors (Lipinski definition) is 0. The Balaban J connectivity index is 3.89. The standard InChI is InChI=1S/C5H5F3/c1-2-4(6)3-5(7)8/h2-3H,1H3/b4-2-. The summed E-state index contributed by atoms with van der Waals surface area (Å²) in [6.07, 6.45) is -0.889. The van der Waals surface area contributed by atoms with Gasteiger partial charge in [0, 0.05) is 6.08 Å². The lowest BCUT2D eigenvalue weighted by Crippen LogP contribution is -1.62. The number of halogens is 3. The summed E-state index contributed by atoms with van der Waals surface area (Å²) < 4.78 is 33.8. The van der Waals surface area contributed by atoms with Crippen molar-refractivity contribution in [3.05, 3.63) is 24.1 Å². The summed E-state index contributed by atoms with van der Waals surface area (Å²) in [4.78, 5) is 0. The van der Waals surface area contributed by atoms with Crippen molar-refractivity contribution in [1.29, 1.82) is 0 Å². The first kappa shape index (κ1) is 7.27. The molecule has 0 nitrogen and oxygen atoms in total. The highest BCUT2D eigenvalue weighted by atomic mass is 19.3. The maximum Gasteiger partial charge on any atom is 0.273 e. The van der Waals surface area contributed by atoms with E-state index in [1.807, 2.05) is 0 Å². The van der Waals surface area contributed by atoms with Gasteiger partial charge in [-0.25, -0.2) is 4.39 Å². The molecule has 0 atom stereocenters. The molecule has 0 aliphatic rings. The fourth-order valence-corrected chi connectivity index (χ4v) is 0.188. The molecule has 0 unspecified atom stereocenters. The Morgan fingerprint density at radius 1 is 1.25 bits per heavy atom. The van der Waals surface area contributed by atoms with Gasteiger partial charge >= 0.3 is 0 Å². The lowest BCUT2D eigenvalue weighted by Gasteiger charge is -1.78. The first-order chi connectivity index (χ1) is 3.66. The quantitative estimate of drug-likeness (QED) is 0.469. The molecule has 0 rings (SSSR count). The number of rotatable bonds is 1. The number of allylic oxidation sites excluding steroid dienone is 3. The Kier molecular flexibility index (Phi) is 2.99. The Morgan fingerprint density at radius 3 is 1.88 bits per heavy atom. The zero-order chi connectivity index (χ0) is 6.57. The average molecular weight is 122 g/mol. The summed E-state index contributed by atoms with van der Waals surface area (Å²) in [5, 5.41) is 0. The Labute approximate surface area is 45.3 Å². The minimum Gasteiger partial charge on any atom is -0.207 e. The lowest BCUT2D eigenvalue weighted by molar-refractivity contribution is 0.417. The van der Waals surface area contributed by atoms with Crippen molar-refractivity contribution in [2.75, 3.05) is 0 Å². The van der Waals surface area contributed by atoms with Crippen molar-refractivity contribution in [2.24, 2.45) is 0 Å². The van der Waals surface area contributed by atoms with Crippen LogP contribution < -0.4 is 0 Å². The van der Waals surface area contributed by atoms with Crippen LogP contribution in [0.3, 0.4) is 0 Å². The van der Waals surface area contributed by atoms with E-state index in [0.29, 0.717) is 0 Å². The Bertz CT molecular complexity index is 120. The summed E-state index contributed by atoms with van der Waals surface area (Å²) in [5.74, 6) is -0.912. The minimum absolute atomic E-state index is 0.167. The Hall–Kier alpha value is -0.730. The van der Waals surface area contributed by atoms with Crippen molar-refractivity contribution < 1.29 is 13.2 Å². The molecule has 0 saturated carbocycles. The molecular formula is C5H5F3. The molecule has 0 aliphatic carbocycles. The molecule has 0 bridgehead atoms. The third kappa shape index (κ3) is 3.46. The second-order valence-electron chi connectivity index (χ2n) is 1.11. The van der Waals surface area contributed by atoms with Gasteiger partial charge < -0.3 is 0 Å². The van der Waals surface area contributed by atoms with Gasteiger partial charge in [-0.2, -0.15) is 8.78 Å². The van der Waals surface area contributed by atoms with E-state index in [9.17, 15) is 13.2 Å². The van der Waals surface area contributed by atoms with E-state index in [4.69, 9.17) is 0 Å². The van der Waals surface area contributed by atoms with Crippen LogP contribution in [0.5, 0.6) is 0 Å². The molecule has 0 radical (unpaired) electrons. The van der Waals surface area contributed by atoms with Gasteiger partial charge in [0.15, 0.2) is 0 Å². The van der Waals surface area contributed by atoms with Gasteiger partial charge in [-0.3, -0.25) is 0 Å². The molecule has 0 fully saturated rings. The first-order valence-corrected chi connectivity index (χ1v) is 2.01. The second kappa shape index (κ2) is 3.29. The first-order valence-electron chi connectivity index (χ1n) is 2.01. The van der Waals surface area contributed by atoms with E-state index in [2.05, 4.69) is 0 Å². The van der Waals surface area contributed by atoms with Crippen LogP contribution in [0.4, 0.5) is 13.2 Å². The van der Waals surface area contributed by atoms with Crippen molar-refractivity contribution in [2.45, 2.75) is 6.92 Å². The minimum atomic E-state index is -2.01. The SMILES string of the molecule is C/C=C(\F)C=C(F)F. The van der Waals surface area contributed by atoms with Crippen LogP contribution in [-0.2, 0) is 0 Å². The van der Waals surface area contributed by atoms with E-state index in [1.165, 1.54) is 6.92 Å². The van der Waals surface area contributed by atoms with Crippen LogP contribution in [0.2, 0.25) is 0 Å². The van der Waals surface area contributed by atoms with Crippen LogP contribution in [0.1, 0.15) is 6.92 Å². The summed E-state index contributed by atoms with van der Waals surface area (Å²) in [5.41, 5.74) is 0. The van der Waals surface area contributed by atoms with Crippen molar-refractivity contribution in [3.8, 4) is 0 Å². The molecule has 46 valence electrons. The van der Waals surface area contributed by atoms with Gasteiger partial charge in [-0.1, -0.05) is 6.08 Å². The molecule has 0 heterocycles. The highest BCUT2D eigenvalue weighted by Crippen LogP contribution is 2.04. The number of hydrogen-bond acceptors (Lipinski definition) is 0. The van der Waals surface area contributed by atoms with E-state index in [1.54, 1.807) is 0 Å². The monoisotopic (exact) mass is 122 g/mol. The summed E-state index contributed by atoms with van der Waals surface area (Å²) >= 11 is 0. The maximum atomic E-state index is 11.7. The Morgan fingerprint density at radius 2 is 1.75 bits per heavy atom. The van der Waals surface area contributed by atoms with Gasteiger partial charge in [-0.05, 0) is 6.92 Å². The topological polar surface area (TPSA) is 0 Å². The average Bonchev–Trinajstić information content (AvgIpc) is 1.65. The van der Waals surface area contributed by atoms with E-state index >= 15 is 0 Å². The smallest absolute Gasteiger partial charge is 0.207 e. The summed E-state index contributed by atoms with van der Waals surface area (Å²) in [6, 6.07) is 0.